The molecule has 2 N–H and O–H groups in total. The molecule has 4 amide bonds. The van der Waals surface area contributed by atoms with Crippen molar-refractivity contribution in [1.29, 1.82) is 0 Å². The van der Waals surface area contributed by atoms with Gasteiger partial charge < -0.3 is 10.1 Å². The van der Waals surface area contributed by atoms with Crippen molar-refractivity contribution in [2.24, 2.45) is 0 Å². The SMILES string of the molecule is COc1ccc(CN2C(=O)NC(=O)NC23CCCCC3)cc1. The Bertz CT molecular complexity index is 565. The molecule has 1 aromatic rings. The summed E-state index contributed by atoms with van der Waals surface area (Å²) in [4.78, 5) is 25.8. The van der Waals surface area contributed by atoms with Gasteiger partial charge in [-0.1, -0.05) is 18.6 Å². The van der Waals surface area contributed by atoms with Crippen molar-refractivity contribution >= 4 is 12.1 Å². The summed E-state index contributed by atoms with van der Waals surface area (Å²) in [6.07, 6.45) is 4.81. The Hall–Kier alpha value is -2.24. The van der Waals surface area contributed by atoms with Crippen molar-refractivity contribution in [1.82, 2.24) is 15.5 Å². The Morgan fingerprint density at radius 2 is 1.82 bits per heavy atom. The number of hydrogen-bond acceptors (Lipinski definition) is 3. The molecule has 0 aromatic heterocycles. The van der Waals surface area contributed by atoms with E-state index in [1.165, 1.54) is 0 Å². The van der Waals surface area contributed by atoms with Gasteiger partial charge in [-0.15, -0.1) is 0 Å². The van der Waals surface area contributed by atoms with Crippen LogP contribution in [0.3, 0.4) is 0 Å². The summed E-state index contributed by atoms with van der Waals surface area (Å²) in [5, 5.41) is 5.34. The van der Waals surface area contributed by atoms with Crippen LogP contribution in [0.1, 0.15) is 37.7 Å². The number of nitrogens with zero attached hydrogens (tertiary/aromatic N) is 1. The van der Waals surface area contributed by atoms with Crippen LogP contribution in [0.2, 0.25) is 0 Å². The lowest BCUT2D eigenvalue weighted by Crippen LogP contribution is -2.71. The fraction of sp³-hybridized carbons (Fsp3) is 0.500. The van der Waals surface area contributed by atoms with E-state index in [0.29, 0.717) is 6.54 Å². The van der Waals surface area contributed by atoms with Crippen molar-refractivity contribution in [3.63, 3.8) is 0 Å². The first-order valence-electron chi connectivity index (χ1n) is 7.67. The maximum atomic E-state index is 12.3. The molecular weight excluding hydrogens is 282 g/mol. The summed E-state index contributed by atoms with van der Waals surface area (Å²) in [6, 6.07) is 6.93. The molecule has 22 heavy (non-hydrogen) atoms. The molecule has 0 bridgehead atoms. The van der Waals surface area contributed by atoms with Gasteiger partial charge in [0, 0.05) is 6.54 Å². The summed E-state index contributed by atoms with van der Waals surface area (Å²) in [5.41, 5.74) is 0.467. The fourth-order valence-corrected chi connectivity index (χ4v) is 3.34. The molecule has 1 saturated carbocycles. The molecular formula is C16H21N3O3. The molecule has 1 aliphatic carbocycles. The molecule has 1 aromatic carbocycles. The van der Waals surface area contributed by atoms with Gasteiger partial charge in [0.05, 0.1) is 7.11 Å². The van der Waals surface area contributed by atoms with Gasteiger partial charge in [0.15, 0.2) is 0 Å². The van der Waals surface area contributed by atoms with Crippen LogP contribution in [0.5, 0.6) is 5.75 Å². The number of carbonyl (C=O) groups excluding carboxylic acids is 2. The van der Waals surface area contributed by atoms with Crippen molar-refractivity contribution in [2.75, 3.05) is 7.11 Å². The zero-order chi connectivity index (χ0) is 15.6. The Morgan fingerprint density at radius 1 is 1.14 bits per heavy atom. The van der Waals surface area contributed by atoms with Crippen LogP contribution < -0.4 is 15.4 Å². The quantitative estimate of drug-likeness (QED) is 0.901. The molecule has 0 atom stereocenters. The summed E-state index contributed by atoms with van der Waals surface area (Å²) in [6.45, 7) is 0.468. The van der Waals surface area contributed by atoms with E-state index in [1.54, 1.807) is 12.0 Å². The van der Waals surface area contributed by atoms with E-state index in [-0.39, 0.29) is 6.03 Å². The van der Waals surface area contributed by atoms with Crippen LogP contribution in [0.15, 0.2) is 24.3 Å². The molecule has 1 spiro atoms. The molecule has 6 nitrogen and oxygen atoms in total. The largest absolute Gasteiger partial charge is 0.497 e. The highest BCUT2D eigenvalue weighted by atomic mass is 16.5. The third-order valence-corrected chi connectivity index (χ3v) is 4.51. The molecule has 1 aliphatic heterocycles. The Labute approximate surface area is 129 Å². The highest BCUT2D eigenvalue weighted by Gasteiger charge is 2.45. The lowest BCUT2D eigenvalue weighted by molar-refractivity contribution is 0.0401. The van der Waals surface area contributed by atoms with Crippen molar-refractivity contribution in [3.05, 3.63) is 29.8 Å². The lowest BCUT2D eigenvalue weighted by atomic mass is 9.86. The smallest absolute Gasteiger partial charge is 0.327 e. The highest BCUT2D eigenvalue weighted by Crippen LogP contribution is 2.34. The summed E-state index contributed by atoms with van der Waals surface area (Å²) in [5.74, 6) is 0.785. The molecule has 2 aliphatic rings. The first-order valence-corrected chi connectivity index (χ1v) is 7.67. The van der Waals surface area contributed by atoms with E-state index in [4.69, 9.17) is 4.74 Å². The molecule has 1 saturated heterocycles. The zero-order valence-electron chi connectivity index (χ0n) is 12.7. The van der Waals surface area contributed by atoms with Crippen LogP contribution in [0.25, 0.3) is 0 Å². The molecule has 1 heterocycles. The van der Waals surface area contributed by atoms with Crippen molar-refractivity contribution in [3.8, 4) is 5.75 Å². The van der Waals surface area contributed by atoms with Gasteiger partial charge in [0.2, 0.25) is 0 Å². The maximum Gasteiger partial charge on any atom is 0.327 e. The van der Waals surface area contributed by atoms with Gasteiger partial charge in [0.25, 0.3) is 0 Å². The Morgan fingerprint density at radius 3 is 2.45 bits per heavy atom. The second-order valence-corrected chi connectivity index (χ2v) is 5.91. The normalized spacial score (nSPS) is 20.5. The zero-order valence-corrected chi connectivity index (χ0v) is 12.7. The predicted molar refractivity (Wildman–Crippen MR) is 81.4 cm³/mol. The van der Waals surface area contributed by atoms with Gasteiger partial charge in [-0.25, -0.2) is 9.59 Å². The predicted octanol–water partition coefficient (Wildman–Crippen LogP) is 2.59. The minimum atomic E-state index is -0.544. The van der Waals surface area contributed by atoms with Gasteiger partial charge in [-0.3, -0.25) is 10.2 Å². The molecule has 2 fully saturated rings. The van der Waals surface area contributed by atoms with Gasteiger partial charge in [-0.05, 0) is 43.4 Å². The van der Waals surface area contributed by atoms with Gasteiger partial charge in [-0.2, -0.15) is 0 Å². The van der Waals surface area contributed by atoms with E-state index in [0.717, 1.165) is 43.4 Å². The molecule has 6 heteroatoms. The van der Waals surface area contributed by atoms with Gasteiger partial charge in [0.1, 0.15) is 11.4 Å². The fourth-order valence-electron chi connectivity index (χ4n) is 3.34. The van der Waals surface area contributed by atoms with Crippen LogP contribution in [-0.4, -0.2) is 29.7 Å². The second-order valence-electron chi connectivity index (χ2n) is 5.91. The number of hydrogen-bond donors (Lipinski definition) is 2. The molecule has 3 rings (SSSR count). The van der Waals surface area contributed by atoms with E-state index in [1.807, 2.05) is 24.3 Å². The Balaban J connectivity index is 1.83. The monoisotopic (exact) mass is 303 g/mol. The van der Waals surface area contributed by atoms with Crippen LogP contribution in [0, 0.1) is 0 Å². The first kappa shape index (κ1) is 14.7. The Kier molecular flexibility index (Phi) is 3.92. The highest BCUT2D eigenvalue weighted by molar-refractivity contribution is 5.96. The number of amides is 4. The molecule has 0 unspecified atom stereocenters. The molecule has 118 valence electrons. The topological polar surface area (TPSA) is 70.7 Å². The van der Waals surface area contributed by atoms with E-state index < -0.39 is 11.7 Å². The van der Waals surface area contributed by atoms with Crippen LogP contribution in [0.4, 0.5) is 9.59 Å². The minimum Gasteiger partial charge on any atom is -0.497 e. The maximum absolute atomic E-state index is 12.3. The summed E-state index contributed by atoms with van der Waals surface area (Å²) < 4.78 is 5.15. The number of imide groups is 1. The lowest BCUT2D eigenvalue weighted by Gasteiger charge is -2.49. The standard InChI is InChI=1S/C16H21N3O3/c1-22-13-7-5-12(6-8-13)11-19-15(21)17-14(20)18-16(19)9-3-2-4-10-16/h5-8H,2-4,9-11H2,1H3,(H2,17,18,20,21). The number of urea groups is 2. The van der Waals surface area contributed by atoms with E-state index in [9.17, 15) is 9.59 Å². The number of rotatable bonds is 3. The minimum absolute atomic E-state index is 0.318. The van der Waals surface area contributed by atoms with Crippen molar-refractivity contribution in [2.45, 2.75) is 44.3 Å². The van der Waals surface area contributed by atoms with Crippen molar-refractivity contribution < 1.29 is 14.3 Å². The number of ether oxygens (including phenoxy) is 1. The van der Waals surface area contributed by atoms with Crippen LogP contribution >= 0.6 is 0 Å². The number of methoxy groups -OCH3 is 1. The third kappa shape index (κ3) is 2.73. The number of benzene rings is 1. The van der Waals surface area contributed by atoms with Crippen LogP contribution in [-0.2, 0) is 6.54 Å². The third-order valence-electron chi connectivity index (χ3n) is 4.51. The summed E-state index contributed by atoms with van der Waals surface area (Å²) in [7, 11) is 1.62. The average Bonchev–Trinajstić information content (AvgIpc) is 2.52. The number of carbonyl (C=O) groups is 2. The van der Waals surface area contributed by atoms with E-state index in [2.05, 4.69) is 10.6 Å². The number of nitrogens with one attached hydrogen (secondary N) is 2. The average molecular weight is 303 g/mol. The second kappa shape index (κ2) is 5.87. The first-order chi connectivity index (χ1) is 10.6. The summed E-state index contributed by atoms with van der Waals surface area (Å²) >= 11 is 0. The van der Waals surface area contributed by atoms with Gasteiger partial charge >= 0.3 is 12.1 Å². The van der Waals surface area contributed by atoms with E-state index >= 15 is 0 Å². The molecule has 0 radical (unpaired) electrons.